The minimum atomic E-state index is 0.409. The predicted molar refractivity (Wildman–Crippen MR) is 57.4 cm³/mol. The fraction of sp³-hybridized carbons (Fsp3) is 0.500. The van der Waals surface area contributed by atoms with E-state index < -0.39 is 0 Å². The van der Waals surface area contributed by atoms with Crippen molar-refractivity contribution in [2.24, 2.45) is 11.1 Å². The van der Waals surface area contributed by atoms with E-state index in [2.05, 4.69) is 12.1 Å². The Kier molecular flexibility index (Phi) is 2.46. The fourth-order valence-electron chi connectivity index (χ4n) is 1.85. The number of rotatable bonds is 4. The molecule has 2 nitrogen and oxygen atoms in total. The van der Waals surface area contributed by atoms with E-state index in [9.17, 15) is 0 Å². The van der Waals surface area contributed by atoms with Crippen LogP contribution in [0.5, 0.6) is 5.75 Å². The van der Waals surface area contributed by atoms with Gasteiger partial charge in [-0.05, 0) is 48.9 Å². The first-order valence-electron chi connectivity index (χ1n) is 5.11. The maximum absolute atomic E-state index is 5.76. The SMILES string of the molecule is COc1cccc(CC2(CN)CC2)c1. The molecule has 0 spiro atoms. The summed E-state index contributed by atoms with van der Waals surface area (Å²) in [5.41, 5.74) is 7.51. The topological polar surface area (TPSA) is 35.2 Å². The van der Waals surface area contributed by atoms with Crippen molar-refractivity contribution in [2.45, 2.75) is 19.3 Å². The molecule has 0 aliphatic heterocycles. The highest BCUT2D eigenvalue weighted by Gasteiger charge is 2.40. The first kappa shape index (κ1) is 9.53. The minimum absolute atomic E-state index is 0.409. The van der Waals surface area contributed by atoms with E-state index in [0.29, 0.717) is 5.41 Å². The van der Waals surface area contributed by atoms with Crippen molar-refractivity contribution in [1.29, 1.82) is 0 Å². The lowest BCUT2D eigenvalue weighted by Crippen LogP contribution is -2.17. The van der Waals surface area contributed by atoms with Gasteiger partial charge in [0.25, 0.3) is 0 Å². The van der Waals surface area contributed by atoms with Gasteiger partial charge in [0, 0.05) is 0 Å². The van der Waals surface area contributed by atoms with Gasteiger partial charge >= 0.3 is 0 Å². The Morgan fingerprint density at radius 2 is 2.21 bits per heavy atom. The summed E-state index contributed by atoms with van der Waals surface area (Å²) < 4.78 is 5.19. The Hall–Kier alpha value is -1.02. The van der Waals surface area contributed by atoms with Crippen LogP contribution in [0.25, 0.3) is 0 Å². The van der Waals surface area contributed by atoms with Crippen molar-refractivity contribution in [2.75, 3.05) is 13.7 Å². The second-order valence-corrected chi connectivity index (χ2v) is 4.23. The van der Waals surface area contributed by atoms with Crippen molar-refractivity contribution >= 4 is 0 Å². The highest BCUT2D eigenvalue weighted by Crippen LogP contribution is 2.47. The maximum atomic E-state index is 5.76. The molecule has 76 valence electrons. The standard InChI is InChI=1S/C12H17NO/c1-14-11-4-2-3-10(7-11)8-12(9-13)5-6-12/h2-4,7H,5-6,8-9,13H2,1H3. The molecule has 0 aromatic heterocycles. The molecule has 0 heterocycles. The molecule has 0 atom stereocenters. The van der Waals surface area contributed by atoms with Gasteiger partial charge in [-0.15, -0.1) is 0 Å². The minimum Gasteiger partial charge on any atom is -0.497 e. The highest BCUT2D eigenvalue weighted by molar-refractivity contribution is 5.29. The Morgan fingerprint density at radius 1 is 1.43 bits per heavy atom. The summed E-state index contributed by atoms with van der Waals surface area (Å²) in [5.74, 6) is 0.940. The number of ether oxygens (including phenoxy) is 1. The zero-order valence-corrected chi connectivity index (χ0v) is 8.62. The molecule has 0 bridgehead atoms. The number of nitrogens with two attached hydrogens (primary N) is 1. The molecule has 2 heteroatoms. The van der Waals surface area contributed by atoms with Crippen LogP contribution < -0.4 is 10.5 Å². The molecule has 1 aromatic carbocycles. The number of hydrogen-bond donors (Lipinski definition) is 1. The van der Waals surface area contributed by atoms with Gasteiger partial charge in [0.05, 0.1) is 7.11 Å². The molecular formula is C12H17NO. The lowest BCUT2D eigenvalue weighted by Gasteiger charge is -2.12. The summed E-state index contributed by atoms with van der Waals surface area (Å²) in [7, 11) is 1.70. The van der Waals surface area contributed by atoms with Crippen molar-refractivity contribution < 1.29 is 4.74 Å². The van der Waals surface area contributed by atoms with E-state index in [4.69, 9.17) is 10.5 Å². The summed E-state index contributed by atoms with van der Waals surface area (Å²) in [5, 5.41) is 0. The molecule has 0 radical (unpaired) electrons. The van der Waals surface area contributed by atoms with Crippen molar-refractivity contribution in [3.63, 3.8) is 0 Å². The van der Waals surface area contributed by atoms with Crippen molar-refractivity contribution in [1.82, 2.24) is 0 Å². The monoisotopic (exact) mass is 191 g/mol. The number of methoxy groups -OCH3 is 1. The second kappa shape index (κ2) is 3.62. The maximum Gasteiger partial charge on any atom is 0.119 e. The van der Waals surface area contributed by atoms with Crippen LogP contribution in [0, 0.1) is 5.41 Å². The zero-order valence-electron chi connectivity index (χ0n) is 8.62. The average molecular weight is 191 g/mol. The number of hydrogen-bond acceptors (Lipinski definition) is 2. The molecule has 2 rings (SSSR count). The van der Waals surface area contributed by atoms with Crippen LogP contribution in [-0.2, 0) is 6.42 Å². The van der Waals surface area contributed by atoms with E-state index in [0.717, 1.165) is 18.7 Å². The van der Waals surface area contributed by atoms with Gasteiger partial charge in [-0.2, -0.15) is 0 Å². The molecule has 1 saturated carbocycles. The van der Waals surface area contributed by atoms with Gasteiger partial charge in [-0.1, -0.05) is 12.1 Å². The number of benzene rings is 1. The lowest BCUT2D eigenvalue weighted by atomic mass is 9.97. The summed E-state index contributed by atoms with van der Waals surface area (Å²) in [6.07, 6.45) is 3.65. The Labute approximate surface area is 85.1 Å². The largest absolute Gasteiger partial charge is 0.497 e. The van der Waals surface area contributed by atoms with Crippen LogP contribution in [0.3, 0.4) is 0 Å². The molecular weight excluding hydrogens is 174 g/mol. The molecule has 14 heavy (non-hydrogen) atoms. The summed E-state index contributed by atoms with van der Waals surface area (Å²) in [4.78, 5) is 0. The van der Waals surface area contributed by atoms with Gasteiger partial charge in [0.2, 0.25) is 0 Å². The highest BCUT2D eigenvalue weighted by atomic mass is 16.5. The van der Waals surface area contributed by atoms with E-state index in [-0.39, 0.29) is 0 Å². The smallest absolute Gasteiger partial charge is 0.119 e. The van der Waals surface area contributed by atoms with Gasteiger partial charge in [0.1, 0.15) is 5.75 Å². The first-order valence-corrected chi connectivity index (χ1v) is 5.11. The first-order chi connectivity index (χ1) is 6.78. The van der Waals surface area contributed by atoms with Crippen LogP contribution in [0.15, 0.2) is 24.3 Å². The molecule has 1 aliphatic rings. The van der Waals surface area contributed by atoms with Crippen LogP contribution in [-0.4, -0.2) is 13.7 Å². The van der Waals surface area contributed by atoms with Crippen LogP contribution in [0.1, 0.15) is 18.4 Å². The molecule has 0 amide bonds. The predicted octanol–water partition coefficient (Wildman–Crippen LogP) is 1.98. The third-order valence-corrected chi connectivity index (χ3v) is 3.10. The molecule has 1 aromatic rings. The van der Waals surface area contributed by atoms with Crippen molar-refractivity contribution in [3.05, 3.63) is 29.8 Å². The summed E-state index contributed by atoms with van der Waals surface area (Å²) in [6, 6.07) is 8.28. The molecule has 2 N–H and O–H groups in total. The van der Waals surface area contributed by atoms with E-state index in [1.165, 1.54) is 18.4 Å². The molecule has 1 fully saturated rings. The molecule has 0 unspecified atom stereocenters. The third kappa shape index (κ3) is 1.90. The Morgan fingerprint density at radius 3 is 2.79 bits per heavy atom. The second-order valence-electron chi connectivity index (χ2n) is 4.23. The van der Waals surface area contributed by atoms with E-state index in [1.807, 2.05) is 12.1 Å². The van der Waals surface area contributed by atoms with Crippen molar-refractivity contribution in [3.8, 4) is 5.75 Å². The van der Waals surface area contributed by atoms with Crippen LogP contribution in [0.4, 0.5) is 0 Å². The van der Waals surface area contributed by atoms with Gasteiger partial charge in [0.15, 0.2) is 0 Å². The Bertz CT molecular complexity index is 318. The average Bonchev–Trinajstić information content (AvgIpc) is 2.99. The lowest BCUT2D eigenvalue weighted by molar-refractivity contribution is 0.413. The van der Waals surface area contributed by atoms with Gasteiger partial charge < -0.3 is 10.5 Å². The fourth-order valence-corrected chi connectivity index (χ4v) is 1.85. The normalized spacial score (nSPS) is 17.9. The van der Waals surface area contributed by atoms with E-state index >= 15 is 0 Å². The van der Waals surface area contributed by atoms with Crippen LogP contribution >= 0.6 is 0 Å². The molecule has 1 aliphatic carbocycles. The van der Waals surface area contributed by atoms with Crippen LogP contribution in [0.2, 0.25) is 0 Å². The zero-order chi connectivity index (χ0) is 10.0. The van der Waals surface area contributed by atoms with Gasteiger partial charge in [-0.25, -0.2) is 0 Å². The van der Waals surface area contributed by atoms with Gasteiger partial charge in [-0.3, -0.25) is 0 Å². The summed E-state index contributed by atoms with van der Waals surface area (Å²) in [6.45, 7) is 0.810. The Balaban J connectivity index is 2.09. The molecule has 0 saturated heterocycles. The van der Waals surface area contributed by atoms with E-state index in [1.54, 1.807) is 7.11 Å². The summed E-state index contributed by atoms with van der Waals surface area (Å²) >= 11 is 0. The third-order valence-electron chi connectivity index (χ3n) is 3.10. The quantitative estimate of drug-likeness (QED) is 0.789.